The predicted octanol–water partition coefficient (Wildman–Crippen LogP) is 3.63. The predicted molar refractivity (Wildman–Crippen MR) is 132 cm³/mol. The molecule has 31 heavy (non-hydrogen) atoms. The number of carbonyl (C=O) groups excluding carboxylic acids is 1. The number of piperidine rings is 1. The van der Waals surface area contributed by atoms with Gasteiger partial charge in [0.25, 0.3) is 0 Å². The summed E-state index contributed by atoms with van der Waals surface area (Å²) in [5.74, 6) is 1.16. The van der Waals surface area contributed by atoms with E-state index in [1.807, 2.05) is 49.4 Å². The van der Waals surface area contributed by atoms with Crippen LogP contribution in [0.2, 0.25) is 0 Å². The van der Waals surface area contributed by atoms with Crippen molar-refractivity contribution in [2.24, 2.45) is 10.9 Å². The molecule has 0 spiro atoms. The van der Waals surface area contributed by atoms with E-state index in [1.165, 1.54) is 0 Å². The topological polar surface area (TPSA) is 76.0 Å². The Morgan fingerprint density at radius 2 is 2.06 bits per heavy atom. The third-order valence-corrected chi connectivity index (χ3v) is 5.03. The van der Waals surface area contributed by atoms with Crippen LogP contribution >= 0.6 is 24.0 Å². The highest BCUT2D eigenvalue weighted by Gasteiger charge is 2.28. The number of nitrogens with zero attached hydrogens (tertiary/aromatic N) is 3. The molecule has 7 nitrogen and oxygen atoms in total. The van der Waals surface area contributed by atoms with Crippen molar-refractivity contribution in [2.45, 2.75) is 32.9 Å². The van der Waals surface area contributed by atoms with Crippen LogP contribution in [0.15, 0.2) is 53.7 Å². The molecule has 1 fully saturated rings. The minimum atomic E-state index is -0.119. The molecule has 0 radical (unpaired) electrons. The molecule has 0 bridgehead atoms. The van der Waals surface area contributed by atoms with Crippen molar-refractivity contribution in [3.8, 4) is 5.88 Å². The Morgan fingerprint density at radius 3 is 2.81 bits per heavy atom. The van der Waals surface area contributed by atoms with Crippen LogP contribution in [-0.4, -0.2) is 48.6 Å². The van der Waals surface area contributed by atoms with Gasteiger partial charge in [0.15, 0.2) is 5.96 Å². The van der Waals surface area contributed by atoms with Gasteiger partial charge in [0, 0.05) is 38.9 Å². The molecule has 1 unspecified atom stereocenters. The number of guanidine groups is 1. The van der Waals surface area contributed by atoms with E-state index in [0.29, 0.717) is 32.2 Å². The summed E-state index contributed by atoms with van der Waals surface area (Å²) in [5, 5.41) is 3.39. The average molecular weight is 538 g/mol. The maximum absolute atomic E-state index is 12.1. The lowest BCUT2D eigenvalue weighted by Gasteiger charge is -2.34. The van der Waals surface area contributed by atoms with Crippen molar-refractivity contribution in [1.29, 1.82) is 0 Å². The molecule has 1 saturated heterocycles. The second kappa shape index (κ2) is 13.1. The van der Waals surface area contributed by atoms with Crippen molar-refractivity contribution in [2.75, 3.05) is 26.7 Å². The Kier molecular flexibility index (Phi) is 10.6. The molecule has 1 aliphatic rings. The maximum atomic E-state index is 12.1. The lowest BCUT2D eigenvalue weighted by atomic mass is 9.98. The Labute approximate surface area is 201 Å². The fourth-order valence-corrected chi connectivity index (χ4v) is 3.51. The molecule has 168 valence electrons. The van der Waals surface area contributed by atoms with Crippen LogP contribution in [0.3, 0.4) is 0 Å². The lowest BCUT2D eigenvalue weighted by molar-refractivity contribution is -0.149. The van der Waals surface area contributed by atoms with E-state index in [2.05, 4.69) is 20.2 Å². The fraction of sp³-hybridized carbons (Fsp3) is 0.435. The quantitative estimate of drug-likeness (QED) is 0.251. The van der Waals surface area contributed by atoms with Gasteiger partial charge in [-0.2, -0.15) is 0 Å². The Balaban J connectivity index is 0.00000341. The molecule has 0 saturated carbocycles. The van der Waals surface area contributed by atoms with Crippen molar-refractivity contribution in [1.82, 2.24) is 15.2 Å². The van der Waals surface area contributed by atoms with Crippen LogP contribution in [0.1, 0.15) is 30.9 Å². The highest BCUT2D eigenvalue weighted by atomic mass is 127. The first-order valence-corrected chi connectivity index (χ1v) is 10.4. The van der Waals surface area contributed by atoms with Gasteiger partial charge in [0.2, 0.25) is 5.88 Å². The fourth-order valence-electron chi connectivity index (χ4n) is 3.51. The van der Waals surface area contributed by atoms with Crippen molar-refractivity contribution < 1.29 is 14.3 Å². The normalized spacial score (nSPS) is 16.3. The summed E-state index contributed by atoms with van der Waals surface area (Å²) in [6, 6.07) is 13.9. The summed E-state index contributed by atoms with van der Waals surface area (Å²) in [6.07, 6.45) is 3.55. The number of hydrogen-bond donors (Lipinski definition) is 1. The first-order chi connectivity index (χ1) is 14.7. The van der Waals surface area contributed by atoms with Crippen LogP contribution in [-0.2, 0) is 22.7 Å². The van der Waals surface area contributed by atoms with Crippen molar-refractivity contribution in [3.05, 3.63) is 59.8 Å². The Bertz CT molecular complexity index is 848. The van der Waals surface area contributed by atoms with Gasteiger partial charge < -0.3 is 19.7 Å². The van der Waals surface area contributed by atoms with Crippen LogP contribution in [0, 0.1) is 5.92 Å². The Morgan fingerprint density at radius 1 is 1.26 bits per heavy atom. The largest absolute Gasteiger partial charge is 0.473 e. The minimum absolute atomic E-state index is 0. The summed E-state index contributed by atoms with van der Waals surface area (Å²) >= 11 is 0. The number of rotatable bonds is 7. The van der Waals surface area contributed by atoms with Crippen LogP contribution < -0.4 is 10.1 Å². The maximum Gasteiger partial charge on any atom is 0.310 e. The van der Waals surface area contributed by atoms with Gasteiger partial charge in [-0.25, -0.2) is 4.98 Å². The highest BCUT2D eigenvalue weighted by Crippen LogP contribution is 2.18. The molecule has 1 aromatic carbocycles. The molecule has 2 aromatic rings. The SMILES string of the molecule is CCOC(=O)C1CCCN(C(=NC)NCc2ccnc(OCc3ccccc3)c2)C1.I. The van der Waals surface area contributed by atoms with E-state index < -0.39 is 0 Å². The first-order valence-electron chi connectivity index (χ1n) is 10.4. The van der Waals surface area contributed by atoms with Crippen LogP contribution in [0.4, 0.5) is 0 Å². The number of likely N-dealkylation sites (tertiary alicyclic amines) is 1. The third kappa shape index (κ3) is 7.68. The van der Waals surface area contributed by atoms with Gasteiger partial charge in [0.1, 0.15) is 6.61 Å². The number of pyridine rings is 1. The van der Waals surface area contributed by atoms with E-state index >= 15 is 0 Å². The smallest absolute Gasteiger partial charge is 0.310 e. The number of aromatic nitrogens is 1. The third-order valence-electron chi connectivity index (χ3n) is 5.03. The molecule has 2 heterocycles. The second-order valence-corrected chi connectivity index (χ2v) is 7.21. The van der Waals surface area contributed by atoms with E-state index in [-0.39, 0.29) is 35.9 Å². The number of halogens is 1. The van der Waals surface area contributed by atoms with E-state index in [0.717, 1.165) is 36.5 Å². The summed E-state index contributed by atoms with van der Waals surface area (Å²) in [5.41, 5.74) is 2.15. The zero-order valence-electron chi connectivity index (χ0n) is 18.1. The van der Waals surface area contributed by atoms with Gasteiger partial charge in [-0.1, -0.05) is 30.3 Å². The molecule has 1 N–H and O–H groups in total. The molecule has 8 heteroatoms. The lowest BCUT2D eigenvalue weighted by Crippen LogP contribution is -2.48. The number of hydrogen-bond acceptors (Lipinski definition) is 5. The highest BCUT2D eigenvalue weighted by molar-refractivity contribution is 14.0. The molecular weight excluding hydrogens is 507 g/mol. The summed E-state index contributed by atoms with van der Waals surface area (Å²) in [6.45, 7) is 4.83. The molecular formula is C23H31IN4O3. The number of ether oxygens (including phenoxy) is 2. The monoisotopic (exact) mass is 538 g/mol. The molecule has 0 amide bonds. The van der Waals surface area contributed by atoms with Crippen molar-refractivity contribution >= 4 is 35.9 Å². The Hall–Kier alpha value is -2.36. The first kappa shape index (κ1) is 24.9. The van der Waals surface area contributed by atoms with Gasteiger partial charge in [0.05, 0.1) is 12.5 Å². The average Bonchev–Trinajstić information content (AvgIpc) is 2.79. The van der Waals surface area contributed by atoms with Crippen LogP contribution in [0.5, 0.6) is 5.88 Å². The molecule has 1 aromatic heterocycles. The molecule has 1 aliphatic heterocycles. The van der Waals surface area contributed by atoms with Gasteiger partial charge in [-0.15, -0.1) is 24.0 Å². The number of esters is 1. The van der Waals surface area contributed by atoms with Crippen LogP contribution in [0.25, 0.3) is 0 Å². The zero-order valence-corrected chi connectivity index (χ0v) is 20.5. The van der Waals surface area contributed by atoms with Gasteiger partial charge in [-0.3, -0.25) is 9.79 Å². The van der Waals surface area contributed by atoms with Gasteiger partial charge >= 0.3 is 5.97 Å². The summed E-state index contributed by atoms with van der Waals surface area (Å²) < 4.78 is 11.0. The number of carbonyl (C=O) groups is 1. The van der Waals surface area contributed by atoms with E-state index in [4.69, 9.17) is 9.47 Å². The molecule has 1 atom stereocenters. The number of aliphatic imine (C=N–C) groups is 1. The molecule has 3 rings (SSSR count). The minimum Gasteiger partial charge on any atom is -0.473 e. The second-order valence-electron chi connectivity index (χ2n) is 7.21. The van der Waals surface area contributed by atoms with E-state index in [9.17, 15) is 4.79 Å². The summed E-state index contributed by atoms with van der Waals surface area (Å²) in [4.78, 5) is 22.9. The number of benzene rings is 1. The standard InChI is InChI=1S/C23H30N4O3.HI/c1-3-29-22(28)20-10-7-13-27(16-20)23(24-2)26-15-19-11-12-25-21(14-19)30-17-18-8-5-4-6-9-18;/h4-6,8-9,11-12,14,20H,3,7,10,13,15-17H2,1-2H3,(H,24,26);1H. The number of nitrogens with one attached hydrogen (secondary N) is 1. The molecule has 0 aliphatic carbocycles. The van der Waals surface area contributed by atoms with E-state index in [1.54, 1.807) is 13.2 Å². The zero-order chi connectivity index (χ0) is 21.2. The van der Waals surface area contributed by atoms with Gasteiger partial charge in [-0.05, 0) is 37.0 Å². The van der Waals surface area contributed by atoms with Crippen molar-refractivity contribution in [3.63, 3.8) is 0 Å². The summed E-state index contributed by atoms with van der Waals surface area (Å²) in [7, 11) is 1.76.